The highest BCUT2D eigenvalue weighted by molar-refractivity contribution is 6.14. The quantitative estimate of drug-likeness (QED) is 0.599. The van der Waals surface area contributed by atoms with Gasteiger partial charge >= 0.3 is 5.97 Å². The van der Waals surface area contributed by atoms with Crippen LogP contribution in [0.2, 0.25) is 0 Å². The number of carbonyl (C=O) groups is 1. The zero-order chi connectivity index (χ0) is 8.85. The zero-order valence-corrected chi connectivity index (χ0v) is 7.08. The van der Waals surface area contributed by atoms with Crippen LogP contribution in [0.25, 0.3) is 0 Å². The van der Waals surface area contributed by atoms with Crippen LogP contribution in [0.3, 0.4) is 0 Å². The first-order valence-corrected chi connectivity index (χ1v) is 3.73. The summed E-state index contributed by atoms with van der Waals surface area (Å²) >= 11 is 5.55. The Balaban J connectivity index is 3.97. The number of aliphatic carboxylic acids is 1. The molecular formula is C6H12ClNO3. The molecule has 0 aliphatic carbocycles. The second kappa shape index (κ2) is 5.35. The maximum absolute atomic E-state index is 10.5. The predicted molar refractivity (Wildman–Crippen MR) is 41.4 cm³/mol. The summed E-state index contributed by atoms with van der Waals surface area (Å²) in [6, 6.07) is -0.785. The molecule has 0 fully saturated rings. The lowest BCUT2D eigenvalue weighted by molar-refractivity contribution is -0.141. The molecule has 0 bridgehead atoms. The van der Waals surface area contributed by atoms with E-state index in [9.17, 15) is 4.79 Å². The molecule has 2 N–H and O–H groups in total. The Morgan fingerprint density at radius 3 is 2.55 bits per heavy atom. The molecule has 0 aromatic heterocycles. The van der Waals surface area contributed by atoms with Gasteiger partial charge in [0.25, 0.3) is 0 Å². The summed E-state index contributed by atoms with van der Waals surface area (Å²) in [6.07, 6.45) is 0.159. The average molecular weight is 182 g/mol. The molecule has 0 aliphatic rings. The molecular weight excluding hydrogens is 170 g/mol. The van der Waals surface area contributed by atoms with E-state index in [4.69, 9.17) is 22.0 Å². The third-order valence-corrected chi connectivity index (χ3v) is 1.80. The number of carboxylic acid groups (broad SMARTS) is 1. The summed E-state index contributed by atoms with van der Waals surface area (Å²) in [7, 11) is 0. The highest BCUT2D eigenvalue weighted by Crippen LogP contribution is 2.06. The topological polar surface area (TPSA) is 60.8 Å². The molecule has 0 spiro atoms. The molecule has 11 heavy (non-hydrogen) atoms. The predicted octanol–water partition coefficient (Wildman–Crippen LogP) is 0.298. The van der Waals surface area contributed by atoms with Crippen LogP contribution in [-0.2, 0) is 4.79 Å². The number of carboxylic acids is 1. The molecule has 0 unspecified atom stereocenters. The number of halogens is 1. The molecule has 66 valence electrons. The summed E-state index contributed by atoms with van der Waals surface area (Å²) in [5.41, 5.74) is 0. The van der Waals surface area contributed by atoms with Crippen molar-refractivity contribution in [1.82, 2.24) is 4.42 Å². The molecule has 0 aliphatic heterocycles. The lowest BCUT2D eigenvalue weighted by Crippen LogP contribution is -2.35. The number of hydrogen-bond acceptors (Lipinski definition) is 3. The summed E-state index contributed by atoms with van der Waals surface area (Å²) in [5.74, 6) is -1.00. The van der Waals surface area contributed by atoms with Crippen molar-refractivity contribution in [3.63, 3.8) is 0 Å². The van der Waals surface area contributed by atoms with Gasteiger partial charge in [-0.3, -0.25) is 4.79 Å². The van der Waals surface area contributed by atoms with Crippen LogP contribution < -0.4 is 0 Å². The van der Waals surface area contributed by atoms with Crippen LogP contribution >= 0.6 is 11.8 Å². The summed E-state index contributed by atoms with van der Waals surface area (Å²) in [6.45, 7) is 2.03. The Hall–Kier alpha value is -0.320. The van der Waals surface area contributed by atoms with E-state index in [2.05, 4.69) is 0 Å². The smallest absolute Gasteiger partial charge is 0.322 e. The monoisotopic (exact) mass is 181 g/mol. The van der Waals surface area contributed by atoms with Crippen LogP contribution in [0, 0.1) is 0 Å². The minimum Gasteiger partial charge on any atom is -0.480 e. The Labute approximate surface area is 70.5 Å². The van der Waals surface area contributed by atoms with Crippen molar-refractivity contribution in [2.24, 2.45) is 0 Å². The summed E-state index contributed by atoms with van der Waals surface area (Å²) in [4.78, 5) is 10.5. The Bertz CT molecular complexity index is 131. The first-order chi connectivity index (χ1) is 5.13. The van der Waals surface area contributed by atoms with Crippen molar-refractivity contribution >= 4 is 17.7 Å². The minimum absolute atomic E-state index is 0.159. The molecule has 0 aromatic carbocycles. The molecule has 0 saturated heterocycles. The van der Waals surface area contributed by atoms with E-state index in [1.165, 1.54) is 4.42 Å². The van der Waals surface area contributed by atoms with Gasteiger partial charge in [0.15, 0.2) is 0 Å². The van der Waals surface area contributed by atoms with Crippen molar-refractivity contribution in [1.29, 1.82) is 0 Å². The Kier molecular flexibility index (Phi) is 5.19. The van der Waals surface area contributed by atoms with Gasteiger partial charge in [-0.25, -0.2) is 4.42 Å². The van der Waals surface area contributed by atoms with Crippen molar-refractivity contribution in [3.05, 3.63) is 0 Å². The number of aliphatic hydroxyl groups is 1. The number of likely N-dealkylation sites (N-methyl/N-ethyl adjacent to an activating group) is 1. The van der Waals surface area contributed by atoms with Crippen LogP contribution in [0.15, 0.2) is 0 Å². The molecule has 0 amide bonds. The minimum atomic E-state index is -1.00. The highest BCUT2D eigenvalue weighted by Gasteiger charge is 2.21. The van der Waals surface area contributed by atoms with Gasteiger partial charge < -0.3 is 10.2 Å². The number of nitrogens with zero attached hydrogens (tertiary/aromatic N) is 1. The van der Waals surface area contributed by atoms with Gasteiger partial charge in [-0.2, -0.15) is 0 Å². The van der Waals surface area contributed by atoms with Crippen molar-refractivity contribution in [2.75, 3.05) is 13.2 Å². The maximum Gasteiger partial charge on any atom is 0.322 e. The first-order valence-electron chi connectivity index (χ1n) is 3.39. The Morgan fingerprint density at radius 1 is 1.73 bits per heavy atom. The molecule has 0 aromatic rings. The lowest BCUT2D eigenvalue weighted by atomic mass is 10.2. The normalized spacial score (nSPS) is 13.5. The molecule has 0 saturated carbocycles. The van der Waals surface area contributed by atoms with Crippen LogP contribution in [0.4, 0.5) is 0 Å². The zero-order valence-electron chi connectivity index (χ0n) is 6.33. The van der Waals surface area contributed by atoms with Gasteiger partial charge in [0.1, 0.15) is 6.04 Å². The molecule has 1 atom stereocenters. The van der Waals surface area contributed by atoms with Crippen LogP contribution in [0.5, 0.6) is 0 Å². The molecule has 0 radical (unpaired) electrons. The molecule has 0 rings (SSSR count). The van der Waals surface area contributed by atoms with E-state index in [-0.39, 0.29) is 13.0 Å². The number of hydrogen-bond donors (Lipinski definition) is 2. The van der Waals surface area contributed by atoms with Crippen LogP contribution in [0.1, 0.15) is 13.3 Å². The molecule has 5 heteroatoms. The van der Waals surface area contributed by atoms with E-state index >= 15 is 0 Å². The highest BCUT2D eigenvalue weighted by atomic mass is 35.5. The fraction of sp³-hybridized carbons (Fsp3) is 0.833. The van der Waals surface area contributed by atoms with Gasteiger partial charge in [0, 0.05) is 13.2 Å². The summed E-state index contributed by atoms with van der Waals surface area (Å²) < 4.78 is 1.17. The number of aliphatic hydroxyl groups excluding tert-OH is 1. The average Bonchev–Trinajstić information content (AvgIpc) is 1.98. The van der Waals surface area contributed by atoms with E-state index in [0.29, 0.717) is 6.54 Å². The second-order valence-electron chi connectivity index (χ2n) is 2.08. The van der Waals surface area contributed by atoms with Crippen molar-refractivity contribution in [3.8, 4) is 0 Å². The largest absolute Gasteiger partial charge is 0.480 e. The third kappa shape index (κ3) is 3.55. The maximum atomic E-state index is 10.5. The fourth-order valence-electron chi connectivity index (χ4n) is 0.726. The van der Waals surface area contributed by atoms with Crippen molar-refractivity contribution in [2.45, 2.75) is 19.4 Å². The second-order valence-corrected chi connectivity index (χ2v) is 2.52. The van der Waals surface area contributed by atoms with E-state index in [1.54, 1.807) is 6.92 Å². The first kappa shape index (κ1) is 10.7. The number of rotatable bonds is 5. The van der Waals surface area contributed by atoms with Gasteiger partial charge in [-0.15, -0.1) is 0 Å². The van der Waals surface area contributed by atoms with E-state index in [1.807, 2.05) is 0 Å². The molecule has 0 heterocycles. The van der Waals surface area contributed by atoms with E-state index in [0.717, 1.165) is 0 Å². The van der Waals surface area contributed by atoms with Gasteiger partial charge in [0.2, 0.25) is 0 Å². The van der Waals surface area contributed by atoms with Gasteiger partial charge in [-0.1, -0.05) is 6.92 Å². The van der Waals surface area contributed by atoms with Gasteiger partial charge in [-0.05, 0) is 18.2 Å². The van der Waals surface area contributed by atoms with E-state index < -0.39 is 12.0 Å². The SMILES string of the molecule is CCN(Cl)[C@@H](CCO)C(=O)O. The fourth-order valence-corrected chi connectivity index (χ4v) is 0.907. The Morgan fingerprint density at radius 2 is 2.27 bits per heavy atom. The third-order valence-electron chi connectivity index (χ3n) is 1.33. The standard InChI is InChI=1S/C6H12ClNO3/c1-2-8(7)5(3-4-9)6(10)11/h5,9H,2-4H2,1H3,(H,10,11)/t5-/m0/s1. The molecule has 4 nitrogen and oxygen atoms in total. The van der Waals surface area contributed by atoms with Crippen molar-refractivity contribution < 1.29 is 15.0 Å². The van der Waals surface area contributed by atoms with Crippen LogP contribution in [-0.4, -0.2) is 39.8 Å². The lowest BCUT2D eigenvalue weighted by Gasteiger charge is -2.18. The van der Waals surface area contributed by atoms with Gasteiger partial charge in [0.05, 0.1) is 0 Å². The summed E-state index contributed by atoms with van der Waals surface area (Å²) in [5, 5.41) is 17.0.